The monoisotopic (exact) mass is 198 g/mol. The molecule has 0 bridgehead atoms. The van der Waals surface area contributed by atoms with Crippen LogP contribution >= 0.6 is 11.3 Å². The number of thiazole rings is 1. The highest BCUT2D eigenvalue weighted by Crippen LogP contribution is 2.25. The zero-order valence-electron chi connectivity index (χ0n) is 9.01. The molecule has 0 aliphatic carbocycles. The molecule has 1 heterocycles. The third-order valence-electron chi connectivity index (χ3n) is 2.28. The van der Waals surface area contributed by atoms with Crippen molar-refractivity contribution >= 4 is 16.3 Å². The maximum atomic E-state index is 4.21. The summed E-state index contributed by atoms with van der Waals surface area (Å²) in [5.41, 5.74) is 0.290. The van der Waals surface area contributed by atoms with Crippen LogP contribution in [0.2, 0.25) is 0 Å². The van der Waals surface area contributed by atoms with E-state index < -0.39 is 0 Å². The van der Waals surface area contributed by atoms with Crippen LogP contribution in [-0.2, 0) is 0 Å². The Labute approximate surface area is 84.4 Å². The number of hydrogen-bond acceptors (Lipinski definition) is 3. The van der Waals surface area contributed by atoms with Crippen LogP contribution < -0.4 is 5.32 Å². The standard InChI is InChI=1S/C10H18N2S/c1-7(10(3,4)5)12-9-6-11-8(2)13-9/h6-7,12H,1-5H3. The highest BCUT2D eigenvalue weighted by molar-refractivity contribution is 7.15. The van der Waals surface area contributed by atoms with Gasteiger partial charge in [0.25, 0.3) is 0 Å². The lowest BCUT2D eigenvalue weighted by atomic mass is 9.88. The van der Waals surface area contributed by atoms with E-state index in [2.05, 4.69) is 38.0 Å². The lowest BCUT2D eigenvalue weighted by Gasteiger charge is -2.28. The summed E-state index contributed by atoms with van der Waals surface area (Å²) in [6.45, 7) is 10.9. The Balaban J connectivity index is 2.60. The zero-order chi connectivity index (χ0) is 10.1. The second kappa shape index (κ2) is 3.66. The molecule has 0 saturated carbocycles. The van der Waals surface area contributed by atoms with Gasteiger partial charge in [0.2, 0.25) is 0 Å². The maximum absolute atomic E-state index is 4.21. The first-order chi connectivity index (χ1) is 5.89. The summed E-state index contributed by atoms with van der Waals surface area (Å²) in [5, 5.41) is 5.74. The molecule has 0 aliphatic rings. The Morgan fingerprint density at radius 1 is 1.46 bits per heavy atom. The Bertz CT molecular complexity index is 273. The summed E-state index contributed by atoms with van der Waals surface area (Å²) in [4.78, 5) is 4.21. The maximum Gasteiger partial charge on any atom is 0.109 e. The fourth-order valence-electron chi connectivity index (χ4n) is 0.858. The fourth-order valence-corrected chi connectivity index (χ4v) is 1.62. The van der Waals surface area contributed by atoms with Crippen LogP contribution in [0.15, 0.2) is 6.20 Å². The minimum Gasteiger partial charge on any atom is -0.373 e. The third-order valence-corrected chi connectivity index (χ3v) is 3.12. The molecule has 3 heteroatoms. The normalized spacial score (nSPS) is 14.2. The summed E-state index contributed by atoms with van der Waals surface area (Å²) in [7, 11) is 0. The Morgan fingerprint density at radius 2 is 2.08 bits per heavy atom. The van der Waals surface area contributed by atoms with Crippen LogP contribution in [0.1, 0.15) is 32.7 Å². The second-order valence-corrected chi connectivity index (χ2v) is 5.71. The summed E-state index contributed by atoms with van der Waals surface area (Å²) in [5.74, 6) is 0. The van der Waals surface area contributed by atoms with Crippen molar-refractivity contribution in [2.75, 3.05) is 5.32 Å². The molecule has 0 saturated heterocycles. The summed E-state index contributed by atoms with van der Waals surface area (Å²) in [6, 6.07) is 0.465. The number of nitrogens with zero attached hydrogens (tertiary/aromatic N) is 1. The number of aryl methyl sites for hydroxylation is 1. The molecule has 2 nitrogen and oxygen atoms in total. The SMILES string of the molecule is Cc1ncc(NC(C)C(C)(C)C)s1. The summed E-state index contributed by atoms with van der Waals surface area (Å²) >= 11 is 1.71. The van der Waals surface area contributed by atoms with Gasteiger partial charge in [-0.25, -0.2) is 4.98 Å². The molecule has 0 amide bonds. The minimum atomic E-state index is 0.290. The van der Waals surface area contributed by atoms with Crippen molar-refractivity contribution in [3.8, 4) is 0 Å². The average molecular weight is 198 g/mol. The average Bonchev–Trinajstić information content (AvgIpc) is 2.33. The second-order valence-electron chi connectivity index (χ2n) is 4.48. The van der Waals surface area contributed by atoms with Gasteiger partial charge in [-0.15, -0.1) is 11.3 Å². The van der Waals surface area contributed by atoms with Crippen LogP contribution in [0.25, 0.3) is 0 Å². The van der Waals surface area contributed by atoms with Gasteiger partial charge in [0.15, 0.2) is 0 Å². The number of anilines is 1. The van der Waals surface area contributed by atoms with Crippen molar-refractivity contribution in [1.29, 1.82) is 0 Å². The molecule has 1 unspecified atom stereocenters. The Kier molecular flexibility index (Phi) is 2.96. The van der Waals surface area contributed by atoms with Crippen molar-refractivity contribution in [3.05, 3.63) is 11.2 Å². The molecular weight excluding hydrogens is 180 g/mol. The van der Waals surface area contributed by atoms with E-state index in [1.165, 1.54) is 5.00 Å². The van der Waals surface area contributed by atoms with Crippen LogP contribution in [0.3, 0.4) is 0 Å². The molecule has 0 radical (unpaired) electrons. The number of nitrogens with one attached hydrogen (secondary N) is 1. The van der Waals surface area contributed by atoms with Crippen LogP contribution in [0.5, 0.6) is 0 Å². The van der Waals surface area contributed by atoms with Gasteiger partial charge in [-0.1, -0.05) is 20.8 Å². The lowest BCUT2D eigenvalue weighted by Crippen LogP contribution is -2.30. The third kappa shape index (κ3) is 2.99. The summed E-state index contributed by atoms with van der Waals surface area (Å²) < 4.78 is 0. The first-order valence-corrected chi connectivity index (χ1v) is 5.40. The van der Waals surface area contributed by atoms with Crippen LogP contribution in [0, 0.1) is 12.3 Å². The molecule has 1 aromatic rings. The van der Waals surface area contributed by atoms with Crippen LogP contribution in [-0.4, -0.2) is 11.0 Å². The number of rotatable bonds is 2. The highest BCUT2D eigenvalue weighted by atomic mass is 32.1. The van der Waals surface area contributed by atoms with Gasteiger partial charge in [0.05, 0.1) is 11.2 Å². The topological polar surface area (TPSA) is 24.9 Å². The molecule has 0 fully saturated rings. The van der Waals surface area contributed by atoms with E-state index in [0.717, 1.165) is 5.01 Å². The predicted octanol–water partition coefficient (Wildman–Crippen LogP) is 3.30. The van der Waals surface area contributed by atoms with Crippen molar-refractivity contribution < 1.29 is 0 Å². The van der Waals surface area contributed by atoms with E-state index in [1.807, 2.05) is 13.1 Å². The van der Waals surface area contributed by atoms with Crippen molar-refractivity contribution in [1.82, 2.24) is 4.98 Å². The molecule has 1 aromatic heterocycles. The van der Waals surface area contributed by atoms with Gasteiger partial charge in [-0.2, -0.15) is 0 Å². The molecule has 1 rings (SSSR count). The Morgan fingerprint density at radius 3 is 2.46 bits per heavy atom. The quantitative estimate of drug-likeness (QED) is 0.788. The van der Waals surface area contributed by atoms with Crippen LogP contribution in [0.4, 0.5) is 5.00 Å². The molecule has 1 N–H and O–H groups in total. The smallest absolute Gasteiger partial charge is 0.109 e. The highest BCUT2D eigenvalue weighted by Gasteiger charge is 2.19. The van der Waals surface area contributed by atoms with Gasteiger partial charge in [0.1, 0.15) is 5.00 Å². The van der Waals surface area contributed by atoms with E-state index in [-0.39, 0.29) is 5.41 Å². The van der Waals surface area contributed by atoms with E-state index in [9.17, 15) is 0 Å². The van der Waals surface area contributed by atoms with E-state index >= 15 is 0 Å². The number of aromatic nitrogens is 1. The number of hydrogen-bond donors (Lipinski definition) is 1. The van der Waals surface area contributed by atoms with E-state index in [1.54, 1.807) is 11.3 Å². The van der Waals surface area contributed by atoms with Gasteiger partial charge >= 0.3 is 0 Å². The first kappa shape index (κ1) is 10.5. The molecule has 74 valence electrons. The predicted molar refractivity (Wildman–Crippen MR) is 59.4 cm³/mol. The largest absolute Gasteiger partial charge is 0.373 e. The lowest BCUT2D eigenvalue weighted by molar-refractivity contribution is 0.360. The van der Waals surface area contributed by atoms with Gasteiger partial charge in [-0.3, -0.25) is 0 Å². The summed E-state index contributed by atoms with van der Waals surface area (Å²) in [6.07, 6.45) is 1.90. The Hall–Kier alpha value is -0.570. The van der Waals surface area contributed by atoms with Gasteiger partial charge in [-0.05, 0) is 19.3 Å². The first-order valence-electron chi connectivity index (χ1n) is 4.58. The fraction of sp³-hybridized carbons (Fsp3) is 0.700. The molecule has 0 aliphatic heterocycles. The van der Waals surface area contributed by atoms with Crippen molar-refractivity contribution in [2.24, 2.45) is 5.41 Å². The minimum absolute atomic E-state index is 0.290. The van der Waals surface area contributed by atoms with Crippen molar-refractivity contribution in [3.63, 3.8) is 0 Å². The molecule has 13 heavy (non-hydrogen) atoms. The van der Waals surface area contributed by atoms with Gasteiger partial charge < -0.3 is 5.32 Å². The van der Waals surface area contributed by atoms with E-state index in [4.69, 9.17) is 0 Å². The molecule has 0 aromatic carbocycles. The van der Waals surface area contributed by atoms with Crippen molar-refractivity contribution in [2.45, 2.75) is 40.7 Å². The molecule has 0 spiro atoms. The molecular formula is C10H18N2S. The van der Waals surface area contributed by atoms with E-state index in [0.29, 0.717) is 6.04 Å². The molecule has 1 atom stereocenters. The van der Waals surface area contributed by atoms with Gasteiger partial charge in [0, 0.05) is 6.04 Å². The zero-order valence-corrected chi connectivity index (χ0v) is 9.83.